The number of ether oxygens (including phenoxy) is 1. The summed E-state index contributed by atoms with van der Waals surface area (Å²) < 4.78 is 5.77. The Bertz CT molecular complexity index is 166. The van der Waals surface area contributed by atoms with Crippen molar-refractivity contribution in [3.63, 3.8) is 0 Å². The number of aliphatic hydroxyl groups excluding tert-OH is 1. The van der Waals surface area contributed by atoms with Crippen molar-refractivity contribution in [1.29, 1.82) is 0 Å². The van der Waals surface area contributed by atoms with Gasteiger partial charge in [0.05, 0.1) is 11.7 Å². The smallest absolute Gasteiger partial charge is 0.0847 e. The van der Waals surface area contributed by atoms with Crippen LogP contribution in [0.4, 0.5) is 0 Å². The van der Waals surface area contributed by atoms with E-state index < -0.39 is 0 Å². The molecule has 76 valence electrons. The minimum Gasteiger partial charge on any atom is -0.393 e. The van der Waals surface area contributed by atoms with Crippen LogP contribution in [-0.2, 0) is 4.74 Å². The van der Waals surface area contributed by atoms with Gasteiger partial charge in [-0.2, -0.15) is 0 Å². The van der Waals surface area contributed by atoms with E-state index >= 15 is 0 Å². The van der Waals surface area contributed by atoms with Crippen molar-refractivity contribution in [1.82, 2.24) is 5.01 Å². The first-order chi connectivity index (χ1) is 6.20. The number of hydrogen-bond donors (Lipinski definition) is 2. The zero-order valence-corrected chi connectivity index (χ0v) is 7.91. The normalized spacial score (nSPS) is 42.5. The van der Waals surface area contributed by atoms with Crippen LogP contribution in [0.1, 0.15) is 25.7 Å². The summed E-state index contributed by atoms with van der Waals surface area (Å²) >= 11 is 0. The van der Waals surface area contributed by atoms with Crippen molar-refractivity contribution < 1.29 is 9.84 Å². The van der Waals surface area contributed by atoms with Crippen molar-refractivity contribution in [2.24, 2.45) is 5.84 Å². The molecule has 2 aliphatic rings. The van der Waals surface area contributed by atoms with Gasteiger partial charge in [-0.3, -0.25) is 5.84 Å². The molecule has 4 heteroatoms. The molecule has 3 N–H and O–H groups in total. The third kappa shape index (κ3) is 2.02. The molecule has 0 aromatic rings. The number of hydrazine groups is 1. The van der Waals surface area contributed by atoms with Crippen molar-refractivity contribution in [3.8, 4) is 0 Å². The predicted octanol–water partition coefficient (Wildman–Crippen LogP) is -0.134. The Kier molecular flexibility index (Phi) is 2.55. The summed E-state index contributed by atoms with van der Waals surface area (Å²) in [6.07, 6.45) is 3.44. The second-order valence-corrected chi connectivity index (χ2v) is 4.25. The van der Waals surface area contributed by atoms with Crippen LogP contribution < -0.4 is 5.84 Å². The zero-order valence-electron chi connectivity index (χ0n) is 7.91. The van der Waals surface area contributed by atoms with E-state index in [2.05, 4.69) is 0 Å². The van der Waals surface area contributed by atoms with Crippen LogP contribution in [0.5, 0.6) is 0 Å². The van der Waals surface area contributed by atoms with E-state index in [0.717, 1.165) is 38.8 Å². The van der Waals surface area contributed by atoms with Gasteiger partial charge in [0, 0.05) is 26.1 Å². The molecule has 2 atom stereocenters. The minimum absolute atomic E-state index is 0.148. The number of nitrogens with two attached hydrogens (primary N) is 1. The lowest BCUT2D eigenvalue weighted by Gasteiger charge is -2.44. The van der Waals surface area contributed by atoms with E-state index in [0.29, 0.717) is 6.61 Å². The minimum atomic E-state index is -0.194. The molecule has 0 aromatic heterocycles. The molecule has 2 saturated heterocycles. The summed E-state index contributed by atoms with van der Waals surface area (Å²) in [5.74, 6) is 5.76. The number of aliphatic hydroxyl groups is 1. The summed E-state index contributed by atoms with van der Waals surface area (Å²) in [5.41, 5.74) is -0.148. The van der Waals surface area contributed by atoms with E-state index in [1.807, 2.05) is 5.01 Å². The summed E-state index contributed by atoms with van der Waals surface area (Å²) in [7, 11) is 0. The first-order valence-corrected chi connectivity index (χ1v) is 5.02. The van der Waals surface area contributed by atoms with Gasteiger partial charge in [-0.25, -0.2) is 5.01 Å². The van der Waals surface area contributed by atoms with Crippen LogP contribution in [0.3, 0.4) is 0 Å². The molecule has 0 amide bonds. The van der Waals surface area contributed by atoms with Crippen LogP contribution in [0.25, 0.3) is 0 Å². The first kappa shape index (κ1) is 9.40. The fourth-order valence-electron chi connectivity index (χ4n) is 2.42. The Morgan fingerprint density at radius 1 is 1.54 bits per heavy atom. The lowest BCUT2D eigenvalue weighted by Crippen LogP contribution is -2.55. The van der Waals surface area contributed by atoms with Crippen molar-refractivity contribution in [2.45, 2.75) is 37.4 Å². The standard InChI is InChI=1S/C9H18N2O2/c10-11-4-1-3-9(7-11)6-8(12)2-5-13-9/h8,12H,1-7,10H2. The molecule has 1 spiro atoms. The highest BCUT2D eigenvalue weighted by Crippen LogP contribution is 2.32. The number of nitrogens with zero attached hydrogens (tertiary/aromatic N) is 1. The summed E-state index contributed by atoms with van der Waals surface area (Å²) in [5, 5.41) is 11.4. The number of piperidine rings is 1. The van der Waals surface area contributed by atoms with Gasteiger partial charge in [0.15, 0.2) is 0 Å². The third-order valence-electron chi connectivity index (χ3n) is 3.04. The van der Waals surface area contributed by atoms with Crippen LogP contribution in [0.2, 0.25) is 0 Å². The Balaban J connectivity index is 2.00. The SMILES string of the molecule is NN1CCCC2(CC(O)CCO2)C1. The van der Waals surface area contributed by atoms with Crippen LogP contribution in [-0.4, -0.2) is 41.5 Å². The Morgan fingerprint density at radius 3 is 3.08 bits per heavy atom. The zero-order chi connectivity index (χ0) is 9.31. The lowest BCUT2D eigenvalue weighted by atomic mass is 9.85. The number of hydrogen-bond acceptors (Lipinski definition) is 4. The Hall–Kier alpha value is -0.160. The van der Waals surface area contributed by atoms with E-state index in [-0.39, 0.29) is 11.7 Å². The molecule has 2 rings (SSSR count). The molecule has 0 bridgehead atoms. The van der Waals surface area contributed by atoms with E-state index in [1.54, 1.807) is 0 Å². The molecule has 0 aliphatic carbocycles. The molecule has 0 radical (unpaired) electrons. The average molecular weight is 186 g/mol. The topological polar surface area (TPSA) is 58.7 Å². The van der Waals surface area contributed by atoms with E-state index in [1.165, 1.54) is 0 Å². The predicted molar refractivity (Wildman–Crippen MR) is 48.9 cm³/mol. The molecule has 2 fully saturated rings. The van der Waals surface area contributed by atoms with Gasteiger partial charge in [0.2, 0.25) is 0 Å². The Morgan fingerprint density at radius 2 is 2.38 bits per heavy atom. The average Bonchev–Trinajstić information content (AvgIpc) is 2.02. The van der Waals surface area contributed by atoms with Crippen LogP contribution in [0, 0.1) is 0 Å². The summed E-state index contributed by atoms with van der Waals surface area (Å²) in [6, 6.07) is 0. The molecular formula is C9H18N2O2. The molecular weight excluding hydrogens is 168 g/mol. The summed E-state index contributed by atoms with van der Waals surface area (Å²) in [6.45, 7) is 2.39. The molecule has 13 heavy (non-hydrogen) atoms. The monoisotopic (exact) mass is 186 g/mol. The van der Waals surface area contributed by atoms with Gasteiger partial charge < -0.3 is 9.84 Å². The van der Waals surface area contributed by atoms with Crippen LogP contribution >= 0.6 is 0 Å². The molecule has 0 aromatic carbocycles. The molecule has 2 aliphatic heterocycles. The third-order valence-corrected chi connectivity index (χ3v) is 3.04. The molecule has 0 saturated carbocycles. The number of rotatable bonds is 0. The molecule has 2 unspecified atom stereocenters. The lowest BCUT2D eigenvalue weighted by molar-refractivity contribution is -0.147. The van der Waals surface area contributed by atoms with Crippen molar-refractivity contribution in [2.75, 3.05) is 19.7 Å². The van der Waals surface area contributed by atoms with Gasteiger partial charge in [-0.05, 0) is 19.3 Å². The highest BCUT2D eigenvalue weighted by atomic mass is 16.5. The van der Waals surface area contributed by atoms with Gasteiger partial charge in [0.1, 0.15) is 0 Å². The summed E-state index contributed by atoms with van der Waals surface area (Å²) in [4.78, 5) is 0. The molecule has 2 heterocycles. The van der Waals surface area contributed by atoms with Crippen LogP contribution in [0.15, 0.2) is 0 Å². The quantitative estimate of drug-likeness (QED) is 0.517. The Labute approximate surface area is 78.6 Å². The van der Waals surface area contributed by atoms with Crippen molar-refractivity contribution >= 4 is 0 Å². The second kappa shape index (κ2) is 3.53. The van der Waals surface area contributed by atoms with Gasteiger partial charge in [-0.1, -0.05) is 0 Å². The fraction of sp³-hybridized carbons (Fsp3) is 1.00. The largest absolute Gasteiger partial charge is 0.393 e. The fourth-order valence-corrected chi connectivity index (χ4v) is 2.42. The maximum absolute atomic E-state index is 9.57. The van der Waals surface area contributed by atoms with Crippen molar-refractivity contribution in [3.05, 3.63) is 0 Å². The van der Waals surface area contributed by atoms with Gasteiger partial charge in [-0.15, -0.1) is 0 Å². The van der Waals surface area contributed by atoms with Gasteiger partial charge >= 0.3 is 0 Å². The maximum Gasteiger partial charge on any atom is 0.0847 e. The van der Waals surface area contributed by atoms with E-state index in [9.17, 15) is 5.11 Å². The first-order valence-electron chi connectivity index (χ1n) is 5.02. The second-order valence-electron chi connectivity index (χ2n) is 4.25. The highest BCUT2D eigenvalue weighted by molar-refractivity contribution is 4.91. The molecule has 4 nitrogen and oxygen atoms in total. The van der Waals surface area contributed by atoms with E-state index in [4.69, 9.17) is 10.6 Å². The van der Waals surface area contributed by atoms with Gasteiger partial charge in [0.25, 0.3) is 0 Å². The maximum atomic E-state index is 9.57. The highest BCUT2D eigenvalue weighted by Gasteiger charge is 2.39.